The first-order valence-electron chi connectivity index (χ1n) is 8.21. The number of benzene rings is 1. The van der Waals surface area contributed by atoms with Crippen molar-refractivity contribution in [3.05, 3.63) is 75.4 Å². The van der Waals surface area contributed by atoms with E-state index in [0.29, 0.717) is 5.56 Å². The third-order valence-corrected chi connectivity index (χ3v) is 4.29. The van der Waals surface area contributed by atoms with E-state index in [1.54, 1.807) is 6.07 Å². The lowest BCUT2D eigenvalue weighted by Crippen LogP contribution is -2.32. The second-order valence-corrected chi connectivity index (χ2v) is 5.91. The lowest BCUT2D eigenvalue weighted by Gasteiger charge is -2.27. The highest BCUT2D eigenvalue weighted by Gasteiger charge is 2.39. The smallest absolute Gasteiger partial charge is 0.355 e. The summed E-state index contributed by atoms with van der Waals surface area (Å²) in [6.45, 7) is 0. The van der Waals surface area contributed by atoms with E-state index in [1.165, 1.54) is 41.3 Å². The lowest BCUT2D eigenvalue weighted by molar-refractivity contribution is -0.384. The van der Waals surface area contributed by atoms with Crippen molar-refractivity contribution >= 4 is 23.4 Å². The molecule has 3 aromatic rings. The molecule has 0 bridgehead atoms. The van der Waals surface area contributed by atoms with Crippen molar-refractivity contribution in [1.29, 1.82) is 0 Å². The zero-order valence-electron chi connectivity index (χ0n) is 14.8. The number of Topliss-reactive ketones (excluding diaryl/α,β-unsaturated/α-hetero) is 1. The number of nitro groups is 1. The number of tetrazole rings is 1. The number of ether oxygens (including phenoxy) is 1. The van der Waals surface area contributed by atoms with Crippen LogP contribution in [0.2, 0.25) is 0 Å². The molecule has 2 aromatic heterocycles. The fourth-order valence-corrected chi connectivity index (χ4v) is 3.05. The van der Waals surface area contributed by atoms with Gasteiger partial charge in [-0.05, 0) is 28.1 Å². The zero-order chi connectivity index (χ0) is 20.5. The number of esters is 1. The van der Waals surface area contributed by atoms with Gasteiger partial charge in [-0.1, -0.05) is 17.2 Å². The molecule has 12 nitrogen and oxygen atoms in total. The first-order valence-corrected chi connectivity index (χ1v) is 8.21. The Morgan fingerprint density at radius 3 is 2.83 bits per heavy atom. The molecule has 1 N–H and O–H groups in total. The van der Waals surface area contributed by atoms with Crippen LogP contribution in [0.5, 0.6) is 0 Å². The summed E-state index contributed by atoms with van der Waals surface area (Å²) >= 11 is 0. The fraction of sp³-hybridized carbons (Fsp3) is 0.118. The summed E-state index contributed by atoms with van der Waals surface area (Å²) in [6.07, 6.45) is 1.31. The summed E-state index contributed by atoms with van der Waals surface area (Å²) in [5, 5.41) is 25.2. The predicted octanol–water partition coefficient (Wildman–Crippen LogP) is 1.50. The van der Waals surface area contributed by atoms with Crippen LogP contribution in [0.25, 0.3) is 0 Å². The SMILES string of the molecule is COC(=O)C1=C(C(=O)c2ccco2)C(c2cccc([N+](=O)[O-])c2)n2nnnc2N1. The quantitative estimate of drug-likeness (QED) is 0.290. The van der Waals surface area contributed by atoms with E-state index < -0.39 is 22.7 Å². The van der Waals surface area contributed by atoms with Gasteiger partial charge in [0.05, 0.1) is 23.9 Å². The molecule has 0 aliphatic carbocycles. The number of hydrogen-bond acceptors (Lipinski definition) is 10. The van der Waals surface area contributed by atoms with E-state index in [0.717, 1.165) is 7.11 Å². The summed E-state index contributed by atoms with van der Waals surface area (Å²) < 4.78 is 11.2. The highest BCUT2D eigenvalue weighted by Crippen LogP contribution is 2.37. The van der Waals surface area contributed by atoms with Crippen LogP contribution in [0.4, 0.5) is 11.6 Å². The summed E-state index contributed by atoms with van der Waals surface area (Å²) in [7, 11) is 1.16. The molecule has 0 fully saturated rings. The molecule has 1 aliphatic rings. The number of nitro benzene ring substituents is 1. The maximum absolute atomic E-state index is 13.2. The molecular weight excluding hydrogens is 384 g/mol. The van der Waals surface area contributed by atoms with Crippen molar-refractivity contribution in [2.24, 2.45) is 0 Å². The Kier molecular flexibility index (Phi) is 4.35. The molecule has 0 amide bonds. The predicted molar refractivity (Wildman–Crippen MR) is 94.8 cm³/mol. The Bertz CT molecular complexity index is 1150. The molecule has 1 atom stereocenters. The molecule has 0 spiro atoms. The second kappa shape index (κ2) is 6.99. The average molecular weight is 396 g/mol. The first kappa shape index (κ1) is 18.0. The molecule has 29 heavy (non-hydrogen) atoms. The molecule has 146 valence electrons. The van der Waals surface area contributed by atoms with Gasteiger partial charge in [-0.15, -0.1) is 0 Å². The Hall–Kier alpha value is -4.35. The highest BCUT2D eigenvalue weighted by molar-refractivity contribution is 6.13. The molecule has 4 rings (SSSR count). The van der Waals surface area contributed by atoms with E-state index in [-0.39, 0.29) is 28.7 Å². The monoisotopic (exact) mass is 396 g/mol. The number of carbonyl (C=O) groups is 2. The average Bonchev–Trinajstić information content (AvgIpc) is 3.43. The highest BCUT2D eigenvalue weighted by atomic mass is 16.6. The van der Waals surface area contributed by atoms with E-state index in [9.17, 15) is 19.7 Å². The minimum atomic E-state index is -1.03. The van der Waals surface area contributed by atoms with Crippen molar-refractivity contribution in [3.8, 4) is 0 Å². The van der Waals surface area contributed by atoms with Gasteiger partial charge >= 0.3 is 5.97 Å². The molecule has 0 radical (unpaired) electrons. The number of hydrogen-bond donors (Lipinski definition) is 1. The molecule has 1 aliphatic heterocycles. The number of aromatic nitrogens is 4. The minimum absolute atomic E-state index is 0.0323. The van der Waals surface area contributed by atoms with Gasteiger partial charge in [0, 0.05) is 12.1 Å². The maximum Gasteiger partial charge on any atom is 0.355 e. The van der Waals surface area contributed by atoms with Gasteiger partial charge in [0.25, 0.3) is 5.69 Å². The van der Waals surface area contributed by atoms with Gasteiger partial charge in [0.15, 0.2) is 5.76 Å². The van der Waals surface area contributed by atoms with Crippen molar-refractivity contribution < 1.29 is 23.7 Å². The van der Waals surface area contributed by atoms with Crippen LogP contribution in [-0.2, 0) is 9.53 Å². The van der Waals surface area contributed by atoms with E-state index in [1.807, 2.05) is 0 Å². The number of anilines is 1. The molecule has 12 heteroatoms. The van der Waals surface area contributed by atoms with Gasteiger partial charge in [-0.3, -0.25) is 14.9 Å². The molecular formula is C17H12N6O6. The number of fused-ring (bicyclic) bond motifs is 1. The topological polar surface area (TPSA) is 155 Å². The van der Waals surface area contributed by atoms with Crippen LogP contribution in [0.3, 0.4) is 0 Å². The number of rotatable bonds is 5. The number of methoxy groups -OCH3 is 1. The van der Waals surface area contributed by atoms with E-state index >= 15 is 0 Å². The minimum Gasteiger partial charge on any atom is -0.464 e. The Labute approximate surface area is 161 Å². The van der Waals surface area contributed by atoms with Crippen LogP contribution in [0, 0.1) is 10.1 Å². The van der Waals surface area contributed by atoms with E-state index in [4.69, 9.17) is 9.15 Å². The number of furan rings is 1. The maximum atomic E-state index is 13.2. The largest absolute Gasteiger partial charge is 0.464 e. The number of nitrogens with one attached hydrogen (secondary N) is 1. The van der Waals surface area contributed by atoms with Crippen molar-refractivity contribution in [2.75, 3.05) is 12.4 Å². The van der Waals surface area contributed by atoms with Crippen molar-refractivity contribution in [2.45, 2.75) is 6.04 Å². The lowest BCUT2D eigenvalue weighted by atomic mass is 9.91. The number of allylic oxidation sites excluding steroid dienone is 1. The third-order valence-electron chi connectivity index (χ3n) is 4.29. The number of non-ortho nitro benzene ring substituents is 1. The number of carbonyl (C=O) groups excluding carboxylic acids is 2. The van der Waals surface area contributed by atoms with Gasteiger partial charge in [0.2, 0.25) is 11.7 Å². The molecule has 1 aromatic carbocycles. The normalized spacial score (nSPS) is 15.4. The van der Waals surface area contributed by atoms with E-state index in [2.05, 4.69) is 20.8 Å². The first-order chi connectivity index (χ1) is 14.0. The van der Waals surface area contributed by atoms with Crippen LogP contribution in [0.15, 0.2) is 58.3 Å². The zero-order valence-corrected chi connectivity index (χ0v) is 14.8. The Balaban J connectivity index is 1.97. The van der Waals surface area contributed by atoms with Crippen molar-refractivity contribution in [3.63, 3.8) is 0 Å². The van der Waals surface area contributed by atoms with Gasteiger partial charge < -0.3 is 14.5 Å². The standard InChI is InChI=1S/C17H12N6O6/c1-28-16(25)13-12(15(24)11-6-3-7-29-11)14(22-17(18-13)19-20-21-22)9-4-2-5-10(8-9)23(26)27/h2-8,14H,1H3,(H,18,19,21). The third kappa shape index (κ3) is 3.01. The summed E-state index contributed by atoms with van der Waals surface area (Å²) in [5.74, 6) is -1.42. The molecule has 3 heterocycles. The molecule has 0 saturated carbocycles. The number of nitrogens with zero attached hydrogens (tertiary/aromatic N) is 5. The van der Waals surface area contributed by atoms with Gasteiger partial charge in [0.1, 0.15) is 11.7 Å². The van der Waals surface area contributed by atoms with Gasteiger partial charge in [-0.2, -0.15) is 4.68 Å². The Morgan fingerprint density at radius 2 is 2.14 bits per heavy atom. The second-order valence-electron chi connectivity index (χ2n) is 5.91. The van der Waals surface area contributed by atoms with Crippen LogP contribution >= 0.6 is 0 Å². The Morgan fingerprint density at radius 1 is 1.31 bits per heavy atom. The molecule has 1 unspecified atom stereocenters. The summed E-state index contributed by atoms with van der Waals surface area (Å²) in [6, 6.07) is 7.55. The fourth-order valence-electron chi connectivity index (χ4n) is 3.05. The van der Waals surface area contributed by atoms with Crippen LogP contribution in [-0.4, -0.2) is 44.0 Å². The van der Waals surface area contributed by atoms with Crippen LogP contribution in [0.1, 0.15) is 22.2 Å². The van der Waals surface area contributed by atoms with Crippen molar-refractivity contribution in [1.82, 2.24) is 20.2 Å². The molecule has 0 saturated heterocycles. The van der Waals surface area contributed by atoms with Gasteiger partial charge in [-0.25, -0.2) is 4.79 Å². The number of ketones is 1. The summed E-state index contributed by atoms with van der Waals surface area (Å²) in [4.78, 5) is 36.3. The summed E-state index contributed by atoms with van der Waals surface area (Å²) in [5.41, 5.74) is -0.134. The van der Waals surface area contributed by atoms with Crippen LogP contribution < -0.4 is 5.32 Å².